The van der Waals surface area contributed by atoms with Crippen LogP contribution in [0.25, 0.3) is 0 Å². The number of rotatable bonds is 5. The third kappa shape index (κ3) is 4.17. The van der Waals surface area contributed by atoms with Crippen molar-refractivity contribution in [2.24, 2.45) is 5.73 Å². The summed E-state index contributed by atoms with van der Waals surface area (Å²) in [5.41, 5.74) is 12.4. The van der Waals surface area contributed by atoms with Gasteiger partial charge in [0.05, 0.1) is 12.8 Å². The van der Waals surface area contributed by atoms with Gasteiger partial charge >= 0.3 is 0 Å². The fraction of sp³-hybridized carbons (Fsp3) is 0.263. The summed E-state index contributed by atoms with van der Waals surface area (Å²) >= 11 is 0. The van der Waals surface area contributed by atoms with E-state index in [-0.39, 0.29) is 48.5 Å². The molecule has 29 heavy (non-hydrogen) atoms. The average Bonchev–Trinajstić information content (AvgIpc) is 2.73. The molecule has 154 valence electrons. The first-order valence-electron chi connectivity index (χ1n) is 8.91. The lowest BCUT2D eigenvalue weighted by Gasteiger charge is -2.34. The van der Waals surface area contributed by atoms with Gasteiger partial charge in [-0.15, -0.1) is 0 Å². The van der Waals surface area contributed by atoms with Crippen LogP contribution in [0.5, 0.6) is 5.75 Å². The van der Waals surface area contributed by atoms with E-state index in [1.165, 1.54) is 23.5 Å². The number of amides is 1. The molecule has 5 N–H and O–H groups in total. The van der Waals surface area contributed by atoms with Gasteiger partial charge in [-0.05, 0) is 24.3 Å². The quantitative estimate of drug-likeness (QED) is 0.371. The fourth-order valence-electron chi connectivity index (χ4n) is 3.13. The summed E-state index contributed by atoms with van der Waals surface area (Å²) in [5.74, 6) is 0.217. The van der Waals surface area contributed by atoms with E-state index >= 15 is 0 Å². The van der Waals surface area contributed by atoms with E-state index in [1.54, 1.807) is 35.2 Å². The van der Waals surface area contributed by atoms with Crippen molar-refractivity contribution in [3.05, 3.63) is 53.6 Å². The summed E-state index contributed by atoms with van der Waals surface area (Å²) in [4.78, 5) is 14.3. The molecule has 1 saturated heterocycles. The molecule has 3 rings (SSSR count). The molecular weight excluding hydrogens is 394 g/mol. The van der Waals surface area contributed by atoms with Crippen LogP contribution in [0.1, 0.15) is 15.9 Å². The maximum atomic E-state index is 12.9. The molecule has 0 unspecified atom stereocenters. The number of piperazine rings is 1. The summed E-state index contributed by atoms with van der Waals surface area (Å²) in [5, 5.41) is 7.40. The normalized spacial score (nSPS) is 15.1. The van der Waals surface area contributed by atoms with Crippen LogP contribution in [-0.4, -0.2) is 62.7 Å². The van der Waals surface area contributed by atoms with E-state index in [4.69, 9.17) is 21.6 Å². The maximum Gasteiger partial charge on any atom is 0.253 e. The van der Waals surface area contributed by atoms with E-state index in [1.807, 2.05) is 0 Å². The summed E-state index contributed by atoms with van der Waals surface area (Å²) in [6.45, 7) is 0.876. The Labute approximate surface area is 169 Å². The molecule has 2 aromatic rings. The van der Waals surface area contributed by atoms with Gasteiger partial charge in [0.15, 0.2) is 0 Å². The number of carbonyl (C=O) groups is 1. The fourth-order valence-corrected chi connectivity index (χ4v) is 4.65. The Bertz CT molecular complexity index is 1030. The molecule has 0 aliphatic carbocycles. The zero-order valence-electron chi connectivity index (χ0n) is 16.0. The Morgan fingerprint density at radius 2 is 1.62 bits per heavy atom. The number of hydrogen-bond acceptors (Lipinski definition) is 6. The van der Waals surface area contributed by atoms with E-state index in [2.05, 4.69) is 0 Å². The first-order valence-corrected chi connectivity index (χ1v) is 10.4. The zero-order chi connectivity index (χ0) is 21.2. The average molecular weight is 417 g/mol. The molecule has 0 aromatic heterocycles. The molecule has 1 fully saturated rings. The van der Waals surface area contributed by atoms with Crippen LogP contribution in [0, 0.1) is 5.41 Å². The number of nitrogen functional groups attached to an aromatic ring is 2. The number of nitrogens with zero attached hydrogens (tertiary/aromatic N) is 2. The lowest BCUT2D eigenvalue weighted by molar-refractivity contribution is 0.0698. The van der Waals surface area contributed by atoms with Crippen molar-refractivity contribution < 1.29 is 17.9 Å². The Kier molecular flexibility index (Phi) is 5.76. The van der Waals surface area contributed by atoms with Crippen molar-refractivity contribution in [2.45, 2.75) is 4.90 Å². The van der Waals surface area contributed by atoms with Crippen LogP contribution in [0.3, 0.4) is 0 Å². The number of benzene rings is 2. The summed E-state index contributed by atoms with van der Waals surface area (Å²) in [7, 11) is -2.29. The van der Waals surface area contributed by atoms with Gasteiger partial charge in [0.1, 0.15) is 16.5 Å². The minimum absolute atomic E-state index is 0.0258. The topological polar surface area (TPSA) is 143 Å². The summed E-state index contributed by atoms with van der Waals surface area (Å²) in [6.07, 6.45) is 0. The molecule has 0 atom stereocenters. The second-order valence-electron chi connectivity index (χ2n) is 6.59. The number of sulfonamides is 1. The van der Waals surface area contributed by atoms with Crippen molar-refractivity contribution in [2.75, 3.05) is 39.0 Å². The van der Waals surface area contributed by atoms with Crippen molar-refractivity contribution in [3.63, 3.8) is 0 Å². The first kappa shape index (κ1) is 20.6. The SMILES string of the molecule is COc1ccc(S(=O)(=O)N2CCN(C(=O)c3ccc(C(=N)N)cc3)CC2)c(N)c1. The standard InChI is InChI=1S/C19H23N5O4S/c1-28-15-6-7-17(16(20)12-15)29(26,27)24-10-8-23(9-11-24)19(25)14-4-2-13(3-5-14)18(21)22/h2-7,12H,8-11,20H2,1H3,(H3,21,22). The maximum absolute atomic E-state index is 12.9. The van der Waals surface area contributed by atoms with E-state index in [0.29, 0.717) is 16.9 Å². The zero-order valence-corrected chi connectivity index (χ0v) is 16.8. The van der Waals surface area contributed by atoms with E-state index in [0.717, 1.165) is 0 Å². The minimum atomic E-state index is -3.77. The van der Waals surface area contributed by atoms with Crippen LogP contribution in [0.2, 0.25) is 0 Å². The number of hydrogen-bond donors (Lipinski definition) is 3. The third-order valence-electron chi connectivity index (χ3n) is 4.80. The lowest BCUT2D eigenvalue weighted by atomic mass is 10.1. The van der Waals surface area contributed by atoms with E-state index < -0.39 is 10.0 Å². The van der Waals surface area contributed by atoms with E-state index in [9.17, 15) is 13.2 Å². The molecular formula is C19H23N5O4S. The molecule has 1 aliphatic heterocycles. The second-order valence-corrected chi connectivity index (χ2v) is 8.50. The highest BCUT2D eigenvalue weighted by Crippen LogP contribution is 2.27. The van der Waals surface area contributed by atoms with Crippen LogP contribution in [0.15, 0.2) is 47.4 Å². The molecule has 10 heteroatoms. The third-order valence-corrected chi connectivity index (χ3v) is 6.78. The Balaban J connectivity index is 1.69. The Morgan fingerprint density at radius 3 is 2.14 bits per heavy atom. The van der Waals surface area contributed by atoms with Crippen molar-refractivity contribution in [3.8, 4) is 5.75 Å². The van der Waals surface area contributed by atoms with Crippen molar-refractivity contribution >= 4 is 27.5 Å². The first-order chi connectivity index (χ1) is 13.7. The minimum Gasteiger partial charge on any atom is -0.497 e. The Hall–Kier alpha value is -3.11. The molecule has 0 saturated carbocycles. The smallest absolute Gasteiger partial charge is 0.253 e. The number of ether oxygens (including phenoxy) is 1. The van der Waals surface area contributed by atoms with Crippen molar-refractivity contribution in [1.29, 1.82) is 5.41 Å². The Morgan fingerprint density at radius 1 is 1.03 bits per heavy atom. The molecule has 0 radical (unpaired) electrons. The monoisotopic (exact) mass is 417 g/mol. The number of anilines is 1. The molecule has 1 amide bonds. The molecule has 1 aliphatic rings. The molecule has 0 bridgehead atoms. The highest BCUT2D eigenvalue weighted by atomic mass is 32.2. The van der Waals surface area contributed by atoms with Gasteiger partial charge in [0.25, 0.3) is 5.91 Å². The summed E-state index contributed by atoms with van der Waals surface area (Å²) < 4.78 is 32.2. The van der Waals surface area contributed by atoms with Gasteiger partial charge in [-0.2, -0.15) is 4.31 Å². The molecule has 2 aromatic carbocycles. The van der Waals surface area contributed by atoms with Gasteiger partial charge < -0.3 is 21.1 Å². The van der Waals surface area contributed by atoms with Crippen LogP contribution in [0.4, 0.5) is 5.69 Å². The van der Waals surface area contributed by atoms with Gasteiger partial charge in [0, 0.05) is 43.4 Å². The largest absolute Gasteiger partial charge is 0.497 e. The number of amidine groups is 1. The van der Waals surface area contributed by atoms with Crippen molar-refractivity contribution in [1.82, 2.24) is 9.21 Å². The molecule has 9 nitrogen and oxygen atoms in total. The highest BCUT2D eigenvalue weighted by molar-refractivity contribution is 7.89. The number of nitrogens with one attached hydrogen (secondary N) is 1. The van der Waals surface area contributed by atoms with Crippen LogP contribution in [-0.2, 0) is 10.0 Å². The van der Waals surface area contributed by atoms with Gasteiger partial charge in [0.2, 0.25) is 10.0 Å². The lowest BCUT2D eigenvalue weighted by Crippen LogP contribution is -2.50. The number of nitrogens with two attached hydrogens (primary N) is 2. The van der Waals surface area contributed by atoms with Crippen LogP contribution < -0.4 is 16.2 Å². The van der Waals surface area contributed by atoms with Gasteiger partial charge in [-0.25, -0.2) is 8.42 Å². The summed E-state index contributed by atoms with van der Waals surface area (Å²) in [6, 6.07) is 10.9. The van der Waals surface area contributed by atoms with Gasteiger partial charge in [-0.3, -0.25) is 10.2 Å². The van der Waals surface area contributed by atoms with Crippen LogP contribution >= 0.6 is 0 Å². The predicted octanol–water partition coefficient (Wildman–Crippen LogP) is 0.708. The number of carbonyl (C=O) groups excluding carboxylic acids is 1. The predicted molar refractivity (Wildman–Crippen MR) is 110 cm³/mol. The number of methoxy groups -OCH3 is 1. The van der Waals surface area contributed by atoms with Gasteiger partial charge in [-0.1, -0.05) is 12.1 Å². The highest BCUT2D eigenvalue weighted by Gasteiger charge is 2.31. The molecule has 0 spiro atoms. The second kappa shape index (κ2) is 8.10. The molecule has 1 heterocycles.